The summed E-state index contributed by atoms with van der Waals surface area (Å²) in [5.74, 6) is -1.58. The Balaban J connectivity index is 3.05. The Kier molecular flexibility index (Phi) is 4.72. The number of rotatable bonds is 5. The molecule has 0 unspecified atom stereocenters. The smallest absolute Gasteiger partial charge is 0.322 e. The van der Waals surface area contributed by atoms with Gasteiger partial charge in [0.15, 0.2) is 0 Å². The fraction of sp³-hybridized carbons (Fsp3) is 0.364. The van der Waals surface area contributed by atoms with E-state index in [4.69, 9.17) is 16.7 Å². The lowest BCUT2D eigenvalue weighted by atomic mass is 10.1. The minimum atomic E-state index is -3.89. The Morgan fingerprint density at radius 3 is 2.44 bits per heavy atom. The first-order chi connectivity index (χ1) is 8.24. The fourth-order valence-electron chi connectivity index (χ4n) is 1.34. The van der Waals surface area contributed by atoms with Crippen molar-refractivity contribution in [2.75, 3.05) is 0 Å². The highest BCUT2D eigenvalue weighted by Crippen LogP contribution is 2.16. The molecular formula is C11H14ClNO4S. The lowest BCUT2D eigenvalue weighted by Gasteiger charge is -2.17. The van der Waals surface area contributed by atoms with E-state index in [2.05, 4.69) is 4.72 Å². The molecular weight excluding hydrogens is 278 g/mol. The van der Waals surface area contributed by atoms with Gasteiger partial charge in [0.1, 0.15) is 6.04 Å². The summed E-state index contributed by atoms with van der Waals surface area (Å²) >= 11 is 5.70. The highest BCUT2D eigenvalue weighted by Gasteiger charge is 2.27. The van der Waals surface area contributed by atoms with Crippen molar-refractivity contribution < 1.29 is 18.3 Å². The second-order valence-corrected chi connectivity index (χ2v) is 6.29. The van der Waals surface area contributed by atoms with Gasteiger partial charge in [-0.3, -0.25) is 4.79 Å². The monoisotopic (exact) mass is 291 g/mol. The number of carboxylic acids is 1. The quantitative estimate of drug-likeness (QED) is 0.865. The number of hydrogen-bond donors (Lipinski definition) is 2. The van der Waals surface area contributed by atoms with Crippen LogP contribution >= 0.6 is 11.6 Å². The normalized spacial score (nSPS) is 13.6. The SMILES string of the molecule is CC(C)[C@H](NS(=O)(=O)c1cccc(Cl)c1)C(=O)O. The molecule has 7 heteroatoms. The van der Waals surface area contributed by atoms with E-state index < -0.39 is 22.0 Å². The summed E-state index contributed by atoms with van der Waals surface area (Å²) in [5.41, 5.74) is 0. The molecule has 0 aromatic heterocycles. The number of sulfonamides is 1. The summed E-state index contributed by atoms with van der Waals surface area (Å²) < 4.78 is 26.1. The molecule has 5 nitrogen and oxygen atoms in total. The molecule has 1 atom stereocenters. The van der Waals surface area contributed by atoms with Crippen molar-refractivity contribution >= 4 is 27.6 Å². The topological polar surface area (TPSA) is 83.5 Å². The van der Waals surface area contributed by atoms with Crippen molar-refractivity contribution in [1.82, 2.24) is 4.72 Å². The predicted octanol–water partition coefficient (Wildman–Crippen LogP) is 1.73. The maximum Gasteiger partial charge on any atom is 0.322 e. The van der Waals surface area contributed by atoms with Gasteiger partial charge in [0.05, 0.1) is 4.90 Å². The van der Waals surface area contributed by atoms with Crippen LogP contribution in [0.3, 0.4) is 0 Å². The first-order valence-electron chi connectivity index (χ1n) is 5.25. The molecule has 18 heavy (non-hydrogen) atoms. The van der Waals surface area contributed by atoms with Gasteiger partial charge in [0.2, 0.25) is 10.0 Å². The molecule has 0 fully saturated rings. The minimum Gasteiger partial charge on any atom is -0.480 e. The zero-order chi connectivity index (χ0) is 13.9. The Hall–Kier alpha value is -1.11. The lowest BCUT2D eigenvalue weighted by Crippen LogP contribution is -2.44. The van der Waals surface area contributed by atoms with E-state index in [9.17, 15) is 13.2 Å². The number of nitrogens with one attached hydrogen (secondary N) is 1. The fourth-order valence-corrected chi connectivity index (χ4v) is 2.98. The average Bonchev–Trinajstić information content (AvgIpc) is 2.25. The van der Waals surface area contributed by atoms with Crippen LogP contribution in [0.4, 0.5) is 0 Å². The van der Waals surface area contributed by atoms with E-state index in [1.54, 1.807) is 13.8 Å². The van der Waals surface area contributed by atoms with E-state index >= 15 is 0 Å². The third kappa shape index (κ3) is 3.69. The van der Waals surface area contributed by atoms with Crippen LogP contribution in [0.15, 0.2) is 29.2 Å². The van der Waals surface area contributed by atoms with E-state index in [0.29, 0.717) is 0 Å². The van der Waals surface area contributed by atoms with Crippen LogP contribution in [0.25, 0.3) is 0 Å². The maximum absolute atomic E-state index is 12.0. The molecule has 0 saturated carbocycles. The van der Waals surface area contributed by atoms with E-state index in [1.165, 1.54) is 24.3 Å². The van der Waals surface area contributed by atoms with Crippen molar-refractivity contribution in [3.63, 3.8) is 0 Å². The molecule has 0 spiro atoms. The van der Waals surface area contributed by atoms with Gasteiger partial charge in [-0.15, -0.1) is 0 Å². The van der Waals surface area contributed by atoms with Crippen LogP contribution in [0.5, 0.6) is 0 Å². The Labute approximate surface area is 111 Å². The van der Waals surface area contributed by atoms with Crippen LogP contribution in [0.1, 0.15) is 13.8 Å². The van der Waals surface area contributed by atoms with Gasteiger partial charge in [0.25, 0.3) is 0 Å². The van der Waals surface area contributed by atoms with Crippen molar-refractivity contribution in [2.45, 2.75) is 24.8 Å². The van der Waals surface area contributed by atoms with Gasteiger partial charge >= 0.3 is 5.97 Å². The van der Waals surface area contributed by atoms with Gasteiger partial charge in [-0.25, -0.2) is 8.42 Å². The van der Waals surface area contributed by atoms with Gasteiger partial charge in [-0.1, -0.05) is 31.5 Å². The van der Waals surface area contributed by atoms with E-state index in [1.807, 2.05) is 0 Å². The van der Waals surface area contributed by atoms with E-state index in [0.717, 1.165) is 0 Å². The van der Waals surface area contributed by atoms with Crippen LogP contribution in [-0.4, -0.2) is 25.5 Å². The molecule has 100 valence electrons. The molecule has 1 aromatic rings. The minimum absolute atomic E-state index is 0.0538. The van der Waals surface area contributed by atoms with Crippen molar-refractivity contribution in [1.29, 1.82) is 0 Å². The Bertz CT molecular complexity index is 542. The highest BCUT2D eigenvalue weighted by atomic mass is 35.5. The number of benzene rings is 1. The van der Waals surface area contributed by atoms with Crippen molar-refractivity contribution in [3.05, 3.63) is 29.3 Å². The second kappa shape index (κ2) is 5.69. The predicted molar refractivity (Wildman–Crippen MR) is 68.0 cm³/mol. The molecule has 2 N–H and O–H groups in total. The maximum atomic E-state index is 12.0. The number of carboxylic acid groups (broad SMARTS) is 1. The highest BCUT2D eigenvalue weighted by molar-refractivity contribution is 7.89. The molecule has 0 aliphatic heterocycles. The van der Waals surface area contributed by atoms with Crippen LogP contribution in [-0.2, 0) is 14.8 Å². The molecule has 0 heterocycles. The summed E-state index contributed by atoms with van der Waals surface area (Å²) in [5, 5.41) is 9.23. The Morgan fingerprint density at radius 2 is 2.00 bits per heavy atom. The largest absolute Gasteiger partial charge is 0.480 e. The molecule has 0 aliphatic rings. The second-order valence-electron chi connectivity index (χ2n) is 4.14. The van der Waals surface area contributed by atoms with Gasteiger partial charge in [0, 0.05) is 5.02 Å². The van der Waals surface area contributed by atoms with Crippen molar-refractivity contribution in [2.24, 2.45) is 5.92 Å². The van der Waals surface area contributed by atoms with Crippen LogP contribution in [0.2, 0.25) is 5.02 Å². The summed E-state index contributed by atoms with van der Waals surface area (Å²) in [6.07, 6.45) is 0. The third-order valence-electron chi connectivity index (χ3n) is 2.32. The van der Waals surface area contributed by atoms with E-state index in [-0.39, 0.29) is 15.8 Å². The standard InChI is InChI=1S/C11H14ClNO4S/c1-7(2)10(11(14)15)13-18(16,17)9-5-3-4-8(12)6-9/h3-7,10,13H,1-2H3,(H,14,15)/t10-/m0/s1. The molecule has 0 saturated heterocycles. The van der Waals surface area contributed by atoms with Gasteiger partial charge in [-0.2, -0.15) is 4.72 Å². The molecule has 1 aromatic carbocycles. The number of hydrogen-bond acceptors (Lipinski definition) is 3. The first kappa shape index (κ1) is 14.9. The number of halogens is 1. The summed E-state index contributed by atoms with van der Waals surface area (Å²) in [6.45, 7) is 3.25. The van der Waals surface area contributed by atoms with Crippen molar-refractivity contribution in [3.8, 4) is 0 Å². The zero-order valence-electron chi connectivity index (χ0n) is 9.92. The third-order valence-corrected chi connectivity index (χ3v) is 4.00. The van der Waals surface area contributed by atoms with Gasteiger partial charge in [-0.05, 0) is 24.1 Å². The number of aliphatic carboxylic acids is 1. The number of carbonyl (C=O) groups is 1. The van der Waals surface area contributed by atoms with Gasteiger partial charge < -0.3 is 5.11 Å². The van der Waals surface area contributed by atoms with Crippen LogP contribution < -0.4 is 4.72 Å². The molecule has 1 rings (SSSR count). The Morgan fingerprint density at radius 1 is 1.39 bits per heavy atom. The molecule has 0 radical (unpaired) electrons. The zero-order valence-corrected chi connectivity index (χ0v) is 11.5. The molecule has 0 amide bonds. The summed E-state index contributed by atoms with van der Waals surface area (Å²) in [6, 6.07) is 4.48. The summed E-state index contributed by atoms with van der Waals surface area (Å²) in [4.78, 5) is 10.9. The summed E-state index contributed by atoms with van der Waals surface area (Å²) in [7, 11) is -3.89. The van der Waals surface area contributed by atoms with Crippen LogP contribution in [0, 0.1) is 5.92 Å². The average molecular weight is 292 g/mol. The lowest BCUT2D eigenvalue weighted by molar-refractivity contribution is -0.140. The first-order valence-corrected chi connectivity index (χ1v) is 7.11. The molecule has 0 bridgehead atoms. The molecule has 0 aliphatic carbocycles.